The van der Waals surface area contributed by atoms with Crippen LogP contribution in [-0.2, 0) is 0 Å². The first-order chi connectivity index (χ1) is 9.97. The summed E-state index contributed by atoms with van der Waals surface area (Å²) in [5.41, 5.74) is 0.491. The summed E-state index contributed by atoms with van der Waals surface area (Å²) in [6.45, 7) is 0. The zero-order valence-corrected chi connectivity index (χ0v) is 14.1. The fourth-order valence-corrected chi connectivity index (χ4v) is 3.46. The van der Waals surface area contributed by atoms with E-state index in [1.165, 1.54) is 12.1 Å². The molecule has 0 aliphatic heterocycles. The first kappa shape index (κ1) is 14.8. The lowest BCUT2D eigenvalue weighted by atomic mass is 10.1. The van der Waals surface area contributed by atoms with Gasteiger partial charge in [-0.3, -0.25) is 0 Å². The van der Waals surface area contributed by atoms with Gasteiger partial charge in [-0.25, -0.2) is 18.7 Å². The van der Waals surface area contributed by atoms with Crippen molar-refractivity contribution >= 4 is 54.4 Å². The van der Waals surface area contributed by atoms with Gasteiger partial charge in [-0.1, -0.05) is 33.6 Å². The van der Waals surface area contributed by atoms with E-state index in [4.69, 9.17) is 11.6 Å². The molecule has 1 aromatic heterocycles. The highest BCUT2D eigenvalue weighted by atomic mass is 79.9. The maximum absolute atomic E-state index is 13.9. The number of benzene rings is 2. The van der Waals surface area contributed by atoms with Crippen LogP contribution in [0.15, 0.2) is 39.3 Å². The van der Waals surface area contributed by atoms with Gasteiger partial charge in [0.25, 0.3) is 0 Å². The molecule has 1 heterocycles. The summed E-state index contributed by atoms with van der Waals surface area (Å²) in [5, 5.41) is 0.777. The second kappa shape index (κ2) is 5.59. The number of nitrogens with zero attached hydrogens (tertiary/aromatic N) is 2. The number of aromatic nitrogens is 2. The minimum atomic E-state index is -0.999. The van der Waals surface area contributed by atoms with Crippen LogP contribution in [0.4, 0.5) is 8.78 Å². The largest absolute Gasteiger partial charge is 0.227 e. The molecule has 7 heteroatoms. The van der Waals surface area contributed by atoms with Crippen LogP contribution in [0, 0.1) is 11.6 Å². The molecule has 0 saturated heterocycles. The maximum Gasteiger partial charge on any atom is 0.169 e. The van der Waals surface area contributed by atoms with Crippen molar-refractivity contribution in [2.24, 2.45) is 0 Å². The lowest BCUT2D eigenvalue weighted by molar-refractivity contribution is 0.510. The van der Waals surface area contributed by atoms with Gasteiger partial charge in [0.1, 0.15) is 5.15 Å². The second-order valence-corrected chi connectivity index (χ2v) is 6.35. The second-order valence-electron chi connectivity index (χ2n) is 4.22. The third-order valence-corrected chi connectivity index (χ3v) is 4.22. The Bertz CT molecular complexity index is 871. The van der Waals surface area contributed by atoms with Gasteiger partial charge in [-0.05, 0) is 40.2 Å². The summed E-state index contributed by atoms with van der Waals surface area (Å²) in [7, 11) is 0. The Labute approximate surface area is 140 Å². The molecule has 0 aliphatic rings. The van der Waals surface area contributed by atoms with Crippen LogP contribution in [0.3, 0.4) is 0 Å². The molecule has 0 saturated carbocycles. The van der Waals surface area contributed by atoms with Crippen LogP contribution in [-0.4, -0.2) is 9.97 Å². The van der Waals surface area contributed by atoms with Crippen molar-refractivity contribution < 1.29 is 8.78 Å². The van der Waals surface area contributed by atoms with Gasteiger partial charge in [-0.2, -0.15) is 0 Å². The van der Waals surface area contributed by atoms with Crippen LogP contribution >= 0.6 is 43.5 Å². The molecule has 0 spiro atoms. The van der Waals surface area contributed by atoms with E-state index in [1.54, 1.807) is 12.1 Å². The molecule has 0 aliphatic carbocycles. The molecular formula is C14H5Br2ClF2N2. The molecule has 0 atom stereocenters. The Morgan fingerprint density at radius 2 is 1.81 bits per heavy atom. The summed E-state index contributed by atoms with van der Waals surface area (Å²) < 4.78 is 28.7. The van der Waals surface area contributed by atoms with Crippen LogP contribution in [0.5, 0.6) is 0 Å². The topological polar surface area (TPSA) is 25.8 Å². The molecule has 0 radical (unpaired) electrons. The molecular weight excluding hydrogens is 429 g/mol. The maximum atomic E-state index is 13.9. The van der Waals surface area contributed by atoms with Crippen molar-refractivity contribution in [1.82, 2.24) is 9.97 Å². The predicted octanol–water partition coefficient (Wildman–Crippen LogP) is 5.75. The smallest absolute Gasteiger partial charge is 0.169 e. The van der Waals surface area contributed by atoms with Crippen LogP contribution in [0.1, 0.15) is 0 Å². The van der Waals surface area contributed by atoms with Gasteiger partial charge in [-0.15, -0.1) is 0 Å². The van der Waals surface area contributed by atoms with Gasteiger partial charge < -0.3 is 0 Å². The number of rotatable bonds is 1. The van der Waals surface area contributed by atoms with Gasteiger partial charge in [0.05, 0.1) is 11.1 Å². The summed E-state index contributed by atoms with van der Waals surface area (Å²) in [5.74, 6) is -1.92. The average Bonchev–Trinajstić information content (AvgIpc) is 2.43. The first-order valence-corrected chi connectivity index (χ1v) is 7.70. The van der Waals surface area contributed by atoms with E-state index in [9.17, 15) is 8.78 Å². The van der Waals surface area contributed by atoms with E-state index >= 15 is 0 Å². The number of hydrogen-bond donors (Lipinski definition) is 0. The lowest BCUT2D eigenvalue weighted by Crippen LogP contribution is -1.96. The fraction of sp³-hybridized carbons (Fsp3) is 0. The van der Waals surface area contributed by atoms with Crippen molar-refractivity contribution in [3.8, 4) is 11.4 Å². The fourth-order valence-electron chi connectivity index (χ4n) is 1.92. The van der Waals surface area contributed by atoms with E-state index in [2.05, 4.69) is 41.8 Å². The molecule has 0 amide bonds. The van der Waals surface area contributed by atoms with Gasteiger partial charge >= 0.3 is 0 Å². The van der Waals surface area contributed by atoms with Crippen molar-refractivity contribution in [2.75, 3.05) is 0 Å². The first-order valence-electron chi connectivity index (χ1n) is 5.74. The molecule has 0 N–H and O–H groups in total. The zero-order chi connectivity index (χ0) is 15.1. The van der Waals surface area contributed by atoms with Gasteiger partial charge in [0.15, 0.2) is 17.5 Å². The summed E-state index contributed by atoms with van der Waals surface area (Å²) in [6, 6.07) is 7.38. The Balaban J connectivity index is 2.33. The highest BCUT2D eigenvalue weighted by Crippen LogP contribution is 2.33. The summed E-state index contributed by atoms with van der Waals surface area (Å²) >= 11 is 12.9. The van der Waals surface area contributed by atoms with Crippen LogP contribution in [0.2, 0.25) is 5.15 Å². The molecule has 2 aromatic carbocycles. The zero-order valence-electron chi connectivity index (χ0n) is 10.2. The Morgan fingerprint density at radius 3 is 2.57 bits per heavy atom. The van der Waals surface area contributed by atoms with E-state index in [1.807, 2.05) is 0 Å². The molecule has 3 aromatic rings. The number of fused-ring (bicyclic) bond motifs is 1. The third-order valence-electron chi connectivity index (χ3n) is 2.86. The Kier molecular flexibility index (Phi) is 3.94. The van der Waals surface area contributed by atoms with Crippen molar-refractivity contribution in [3.05, 3.63) is 56.1 Å². The lowest BCUT2D eigenvalue weighted by Gasteiger charge is -2.08. The molecule has 0 bridgehead atoms. The van der Waals surface area contributed by atoms with E-state index in [0.29, 0.717) is 15.4 Å². The Hall–Kier alpha value is -1.11. The van der Waals surface area contributed by atoms with E-state index in [0.717, 1.165) is 10.5 Å². The quantitative estimate of drug-likeness (QED) is 0.456. The van der Waals surface area contributed by atoms with Gasteiger partial charge in [0, 0.05) is 14.3 Å². The molecule has 2 nitrogen and oxygen atoms in total. The van der Waals surface area contributed by atoms with E-state index < -0.39 is 11.6 Å². The van der Waals surface area contributed by atoms with E-state index in [-0.39, 0.29) is 16.5 Å². The average molecular weight is 434 g/mol. The summed E-state index contributed by atoms with van der Waals surface area (Å²) in [6.07, 6.45) is 0. The molecule has 0 unspecified atom stereocenters. The van der Waals surface area contributed by atoms with Gasteiger partial charge in [0.2, 0.25) is 0 Å². The van der Waals surface area contributed by atoms with Crippen molar-refractivity contribution in [2.45, 2.75) is 0 Å². The third kappa shape index (κ3) is 2.67. The highest BCUT2D eigenvalue weighted by molar-refractivity contribution is 9.11. The standard InChI is InChI=1S/C14H5Br2ClF2N2/c15-6-4-8-12(9(16)5-6)20-14(21-13(8)17)7-2-1-3-10(18)11(7)19/h1-5H. The van der Waals surface area contributed by atoms with Crippen LogP contribution < -0.4 is 0 Å². The molecule has 0 fully saturated rings. The Morgan fingerprint density at radius 1 is 1.05 bits per heavy atom. The summed E-state index contributed by atoms with van der Waals surface area (Å²) in [4.78, 5) is 8.34. The monoisotopic (exact) mass is 432 g/mol. The molecule has 21 heavy (non-hydrogen) atoms. The number of halogens is 5. The molecule has 106 valence electrons. The minimum absolute atomic E-state index is 0.0337. The van der Waals surface area contributed by atoms with Crippen molar-refractivity contribution in [1.29, 1.82) is 0 Å². The minimum Gasteiger partial charge on any atom is -0.227 e. The normalized spacial score (nSPS) is 11.1. The predicted molar refractivity (Wildman–Crippen MR) is 85.3 cm³/mol. The number of hydrogen-bond acceptors (Lipinski definition) is 2. The van der Waals surface area contributed by atoms with Crippen LogP contribution in [0.25, 0.3) is 22.3 Å². The SMILES string of the molecule is Fc1cccc(-c2nc(Cl)c3cc(Br)cc(Br)c3n2)c1F. The highest BCUT2D eigenvalue weighted by Gasteiger charge is 2.16. The molecule has 3 rings (SSSR count). The van der Waals surface area contributed by atoms with Crippen molar-refractivity contribution in [3.63, 3.8) is 0 Å².